The third-order valence-corrected chi connectivity index (χ3v) is 1.75. The number of rotatable bonds is 3. The van der Waals surface area contributed by atoms with Crippen LogP contribution in [0, 0.1) is 0 Å². The van der Waals surface area contributed by atoms with E-state index in [1.807, 2.05) is 43.3 Å². The molecule has 0 heterocycles. The van der Waals surface area contributed by atoms with Crippen LogP contribution in [-0.2, 0) is 0 Å². The molecule has 0 spiro atoms. The zero-order chi connectivity index (χ0) is 10.6. The molecule has 0 atom stereocenters. The molecule has 0 unspecified atom stereocenters. The van der Waals surface area contributed by atoms with Crippen molar-refractivity contribution < 1.29 is 1.37 Å². The van der Waals surface area contributed by atoms with E-state index in [4.69, 9.17) is 1.37 Å². The highest BCUT2D eigenvalue weighted by Crippen LogP contribution is 2.12. The van der Waals surface area contributed by atoms with Gasteiger partial charge in [-0.2, -0.15) is 0 Å². The normalized spacial score (nSPS) is 12.2. The van der Waals surface area contributed by atoms with Crippen LogP contribution in [-0.4, -0.2) is 14.1 Å². The summed E-state index contributed by atoms with van der Waals surface area (Å²) in [6, 6.07) is 8.38. The predicted octanol–water partition coefficient (Wildman–Crippen LogP) is 2.95. The van der Waals surface area contributed by atoms with E-state index in [-0.39, 0.29) is 0 Å². The van der Waals surface area contributed by atoms with Crippen LogP contribution in [0.5, 0.6) is 0 Å². The Morgan fingerprint density at radius 1 is 1.31 bits per heavy atom. The lowest BCUT2D eigenvalue weighted by Gasteiger charge is -2.11. The number of anilines is 1. The molecule has 0 radical (unpaired) electrons. The molecule has 0 fully saturated rings. The summed E-state index contributed by atoms with van der Waals surface area (Å²) < 4.78 is 7.67. The standard InChI is InChI=1S/C12H15N/c1-4-5-6-11-7-9-12(10-8-11)13(2)3/h4-10H,1H2,2-3H3/b6-5+/i6D. The van der Waals surface area contributed by atoms with Gasteiger partial charge in [0.15, 0.2) is 0 Å². The van der Waals surface area contributed by atoms with Crippen molar-refractivity contribution >= 4 is 11.7 Å². The maximum absolute atomic E-state index is 7.67. The Bertz CT molecular complexity index is 336. The number of hydrogen-bond donors (Lipinski definition) is 0. The SMILES string of the molecule is [2H]/C(=C\C=C)c1ccc(N(C)C)cc1. The molecular weight excluding hydrogens is 158 g/mol. The molecule has 1 rings (SSSR count). The second-order valence-corrected chi connectivity index (χ2v) is 2.99. The van der Waals surface area contributed by atoms with Crippen molar-refractivity contribution in [3.8, 4) is 0 Å². The molecule has 1 nitrogen and oxygen atoms in total. The number of allylic oxidation sites excluding steroid dienone is 2. The van der Waals surface area contributed by atoms with Gasteiger partial charge in [-0.3, -0.25) is 0 Å². The van der Waals surface area contributed by atoms with Crippen molar-refractivity contribution in [2.75, 3.05) is 19.0 Å². The van der Waals surface area contributed by atoms with Gasteiger partial charge in [0.25, 0.3) is 0 Å². The molecule has 0 aromatic heterocycles. The van der Waals surface area contributed by atoms with Crippen LogP contribution >= 0.6 is 0 Å². The largest absolute Gasteiger partial charge is 0.378 e. The highest BCUT2D eigenvalue weighted by atomic mass is 15.1. The Morgan fingerprint density at radius 3 is 2.38 bits per heavy atom. The molecule has 0 bridgehead atoms. The molecule has 1 heteroatoms. The van der Waals surface area contributed by atoms with E-state index in [0.29, 0.717) is 6.05 Å². The summed E-state index contributed by atoms with van der Waals surface area (Å²) in [5.74, 6) is 0. The Kier molecular flexibility index (Phi) is 2.81. The van der Waals surface area contributed by atoms with Crippen LogP contribution < -0.4 is 4.90 Å². The topological polar surface area (TPSA) is 3.24 Å². The summed E-state index contributed by atoms with van der Waals surface area (Å²) in [6.07, 6.45) is 3.31. The van der Waals surface area contributed by atoms with E-state index in [1.54, 1.807) is 12.2 Å². The predicted molar refractivity (Wildman–Crippen MR) is 60.0 cm³/mol. The van der Waals surface area contributed by atoms with E-state index < -0.39 is 0 Å². The monoisotopic (exact) mass is 174 g/mol. The molecule has 0 aliphatic rings. The van der Waals surface area contributed by atoms with Gasteiger partial charge in [0.1, 0.15) is 0 Å². The van der Waals surface area contributed by atoms with E-state index in [9.17, 15) is 0 Å². The molecular formula is C12H15N. The lowest BCUT2D eigenvalue weighted by Crippen LogP contribution is -2.07. The fourth-order valence-electron chi connectivity index (χ4n) is 1.01. The first-order valence-corrected chi connectivity index (χ1v) is 4.22. The van der Waals surface area contributed by atoms with Crippen LogP contribution in [0.15, 0.2) is 43.0 Å². The summed E-state index contributed by atoms with van der Waals surface area (Å²) in [5.41, 5.74) is 2.05. The smallest absolute Gasteiger partial charge is 0.0629 e. The third kappa shape index (κ3) is 2.79. The van der Waals surface area contributed by atoms with Gasteiger partial charge in [0, 0.05) is 19.8 Å². The summed E-state index contributed by atoms with van der Waals surface area (Å²) in [6.45, 7) is 3.57. The van der Waals surface area contributed by atoms with Gasteiger partial charge in [-0.15, -0.1) is 0 Å². The van der Waals surface area contributed by atoms with Gasteiger partial charge < -0.3 is 4.90 Å². The van der Waals surface area contributed by atoms with Gasteiger partial charge in [-0.05, 0) is 17.7 Å². The molecule has 0 aliphatic carbocycles. The van der Waals surface area contributed by atoms with Crippen molar-refractivity contribution in [3.05, 3.63) is 48.6 Å². The molecule has 1 aromatic carbocycles. The number of nitrogens with zero attached hydrogens (tertiary/aromatic N) is 1. The first-order valence-electron chi connectivity index (χ1n) is 4.72. The number of benzene rings is 1. The molecule has 0 saturated heterocycles. The fraction of sp³-hybridized carbons (Fsp3) is 0.167. The molecule has 68 valence electrons. The van der Waals surface area contributed by atoms with E-state index in [0.717, 1.165) is 11.3 Å². The van der Waals surface area contributed by atoms with Gasteiger partial charge in [-0.1, -0.05) is 36.9 Å². The average molecular weight is 174 g/mol. The number of hydrogen-bond acceptors (Lipinski definition) is 1. The second kappa shape index (κ2) is 4.51. The van der Waals surface area contributed by atoms with Crippen molar-refractivity contribution in [1.82, 2.24) is 0 Å². The fourth-order valence-corrected chi connectivity index (χ4v) is 1.01. The summed E-state index contributed by atoms with van der Waals surface area (Å²) in [4.78, 5) is 2.03. The van der Waals surface area contributed by atoms with Gasteiger partial charge >= 0.3 is 0 Å². The van der Waals surface area contributed by atoms with Gasteiger partial charge in [0.2, 0.25) is 0 Å². The minimum atomic E-state index is 0.491. The molecule has 13 heavy (non-hydrogen) atoms. The first-order chi connectivity index (χ1) is 6.65. The van der Waals surface area contributed by atoms with Crippen LogP contribution in [0.1, 0.15) is 6.93 Å². The van der Waals surface area contributed by atoms with Gasteiger partial charge in [0.05, 0.1) is 1.37 Å². The summed E-state index contributed by atoms with van der Waals surface area (Å²) >= 11 is 0. The Morgan fingerprint density at radius 2 is 1.92 bits per heavy atom. The van der Waals surface area contributed by atoms with Crippen LogP contribution in [0.2, 0.25) is 0 Å². The van der Waals surface area contributed by atoms with Gasteiger partial charge in [-0.25, -0.2) is 0 Å². The first kappa shape index (κ1) is 8.11. The minimum Gasteiger partial charge on any atom is -0.378 e. The summed E-state index contributed by atoms with van der Waals surface area (Å²) in [7, 11) is 3.99. The van der Waals surface area contributed by atoms with E-state index in [2.05, 4.69) is 6.58 Å². The maximum atomic E-state index is 7.67. The maximum Gasteiger partial charge on any atom is 0.0629 e. The molecule has 0 aliphatic heterocycles. The minimum absolute atomic E-state index is 0.491. The lowest BCUT2D eigenvalue weighted by atomic mass is 10.2. The summed E-state index contributed by atoms with van der Waals surface area (Å²) in [5, 5.41) is 0. The zero-order valence-corrected chi connectivity index (χ0v) is 8.12. The molecule has 0 saturated carbocycles. The Labute approximate surface area is 81.4 Å². The Balaban J connectivity index is 2.93. The lowest BCUT2D eigenvalue weighted by molar-refractivity contribution is 1.13. The van der Waals surface area contributed by atoms with Crippen molar-refractivity contribution in [3.63, 3.8) is 0 Å². The zero-order valence-electron chi connectivity index (χ0n) is 9.12. The van der Waals surface area contributed by atoms with Crippen molar-refractivity contribution in [2.45, 2.75) is 0 Å². The van der Waals surface area contributed by atoms with Crippen LogP contribution in [0.4, 0.5) is 5.69 Å². The quantitative estimate of drug-likeness (QED) is 0.637. The van der Waals surface area contributed by atoms with Crippen molar-refractivity contribution in [1.29, 1.82) is 0 Å². The molecule has 1 aromatic rings. The van der Waals surface area contributed by atoms with Crippen LogP contribution in [0.25, 0.3) is 6.05 Å². The van der Waals surface area contributed by atoms with Crippen LogP contribution in [0.3, 0.4) is 0 Å². The highest BCUT2D eigenvalue weighted by Gasteiger charge is 1.92. The highest BCUT2D eigenvalue weighted by molar-refractivity contribution is 5.56. The van der Waals surface area contributed by atoms with E-state index >= 15 is 0 Å². The average Bonchev–Trinajstić information content (AvgIpc) is 2.18. The molecule has 0 amide bonds. The van der Waals surface area contributed by atoms with Crippen molar-refractivity contribution in [2.24, 2.45) is 0 Å². The molecule has 0 N–H and O–H groups in total. The van der Waals surface area contributed by atoms with E-state index in [1.165, 1.54) is 0 Å². The second-order valence-electron chi connectivity index (χ2n) is 2.99. The Hall–Kier alpha value is -1.50. The third-order valence-electron chi connectivity index (χ3n) is 1.75.